The fourth-order valence-corrected chi connectivity index (χ4v) is 3.32. The molecule has 2 rings (SSSR count). The quantitative estimate of drug-likeness (QED) is 0.747. The van der Waals surface area contributed by atoms with E-state index in [1.807, 2.05) is 0 Å². The molecule has 4 heteroatoms. The molecule has 2 heterocycles. The van der Waals surface area contributed by atoms with Crippen molar-refractivity contribution >= 4 is 0 Å². The summed E-state index contributed by atoms with van der Waals surface area (Å²) in [6.07, 6.45) is 3.95. The maximum Gasteiger partial charge on any atom is 0.0521 e. The van der Waals surface area contributed by atoms with Gasteiger partial charge in [-0.05, 0) is 45.9 Å². The molecule has 0 spiro atoms. The first-order valence-electron chi connectivity index (χ1n) is 8.01. The van der Waals surface area contributed by atoms with Crippen molar-refractivity contribution < 1.29 is 4.74 Å². The Kier molecular flexibility index (Phi) is 6.57. The van der Waals surface area contributed by atoms with Crippen molar-refractivity contribution in [3.8, 4) is 0 Å². The number of hydrogen-bond donors (Lipinski definition) is 1. The van der Waals surface area contributed by atoms with Crippen molar-refractivity contribution in [3.05, 3.63) is 0 Å². The lowest BCUT2D eigenvalue weighted by Crippen LogP contribution is -2.47. The number of likely N-dealkylation sites (N-methyl/N-ethyl adjacent to an activating group) is 1. The standard InChI is InChI=1S/C15H31N3O/c1-3-16-15-6-11-19-13-14(15)12-17(2)9-10-18-7-4-5-8-18/h14-16H,3-13H2,1-2H3. The number of nitrogens with zero attached hydrogens (tertiary/aromatic N) is 2. The van der Waals surface area contributed by atoms with Gasteiger partial charge in [0.1, 0.15) is 0 Å². The summed E-state index contributed by atoms with van der Waals surface area (Å²) >= 11 is 0. The third-order valence-electron chi connectivity index (χ3n) is 4.48. The van der Waals surface area contributed by atoms with Crippen LogP contribution in [0.2, 0.25) is 0 Å². The van der Waals surface area contributed by atoms with E-state index in [2.05, 4.69) is 29.1 Å². The third kappa shape index (κ3) is 5.03. The molecule has 0 radical (unpaired) electrons. The summed E-state index contributed by atoms with van der Waals surface area (Å²) in [5.41, 5.74) is 0. The molecule has 2 saturated heterocycles. The normalized spacial score (nSPS) is 29.2. The van der Waals surface area contributed by atoms with E-state index in [0.29, 0.717) is 12.0 Å². The summed E-state index contributed by atoms with van der Waals surface area (Å²) in [5, 5.41) is 3.62. The number of ether oxygens (including phenoxy) is 1. The highest BCUT2D eigenvalue weighted by Gasteiger charge is 2.26. The zero-order valence-corrected chi connectivity index (χ0v) is 12.7. The first-order chi connectivity index (χ1) is 9.29. The molecule has 0 aromatic heterocycles. The van der Waals surface area contributed by atoms with E-state index in [1.54, 1.807) is 0 Å². The third-order valence-corrected chi connectivity index (χ3v) is 4.48. The van der Waals surface area contributed by atoms with Crippen LogP contribution < -0.4 is 5.32 Å². The van der Waals surface area contributed by atoms with E-state index >= 15 is 0 Å². The zero-order valence-electron chi connectivity index (χ0n) is 12.7. The van der Waals surface area contributed by atoms with Gasteiger partial charge in [0, 0.05) is 38.2 Å². The summed E-state index contributed by atoms with van der Waals surface area (Å²) in [6.45, 7) is 11.3. The maximum atomic E-state index is 5.66. The van der Waals surface area contributed by atoms with Gasteiger partial charge in [-0.25, -0.2) is 0 Å². The SMILES string of the molecule is CCNC1CCOCC1CN(C)CCN1CCCC1. The van der Waals surface area contributed by atoms with Gasteiger partial charge in [-0.15, -0.1) is 0 Å². The van der Waals surface area contributed by atoms with Crippen LogP contribution in [0.15, 0.2) is 0 Å². The number of hydrogen-bond acceptors (Lipinski definition) is 4. The maximum absolute atomic E-state index is 5.66. The van der Waals surface area contributed by atoms with E-state index in [9.17, 15) is 0 Å². The van der Waals surface area contributed by atoms with Crippen LogP contribution in [0.4, 0.5) is 0 Å². The Labute approximate surface area is 118 Å². The first kappa shape index (κ1) is 15.2. The van der Waals surface area contributed by atoms with Gasteiger partial charge in [0.2, 0.25) is 0 Å². The van der Waals surface area contributed by atoms with Gasteiger partial charge in [0.15, 0.2) is 0 Å². The Hall–Kier alpha value is -0.160. The van der Waals surface area contributed by atoms with E-state index in [4.69, 9.17) is 4.74 Å². The van der Waals surface area contributed by atoms with Crippen molar-refractivity contribution in [1.29, 1.82) is 0 Å². The second kappa shape index (κ2) is 8.20. The van der Waals surface area contributed by atoms with E-state index in [-0.39, 0.29) is 0 Å². The van der Waals surface area contributed by atoms with Crippen molar-refractivity contribution in [2.75, 3.05) is 59.5 Å². The van der Waals surface area contributed by atoms with Gasteiger partial charge in [-0.2, -0.15) is 0 Å². The topological polar surface area (TPSA) is 27.7 Å². The molecule has 2 fully saturated rings. The van der Waals surface area contributed by atoms with Gasteiger partial charge in [-0.3, -0.25) is 0 Å². The average Bonchev–Trinajstić information content (AvgIpc) is 2.92. The molecule has 1 N–H and O–H groups in total. The molecule has 0 bridgehead atoms. The number of likely N-dealkylation sites (tertiary alicyclic amines) is 1. The molecular weight excluding hydrogens is 238 g/mol. The van der Waals surface area contributed by atoms with Crippen LogP contribution >= 0.6 is 0 Å². The van der Waals surface area contributed by atoms with Gasteiger partial charge in [0.05, 0.1) is 6.61 Å². The Balaban J connectivity index is 1.68. The van der Waals surface area contributed by atoms with Crippen molar-refractivity contribution in [3.63, 3.8) is 0 Å². The lowest BCUT2D eigenvalue weighted by Gasteiger charge is -2.35. The van der Waals surface area contributed by atoms with Gasteiger partial charge >= 0.3 is 0 Å². The highest BCUT2D eigenvalue weighted by atomic mass is 16.5. The molecule has 0 aliphatic carbocycles. The van der Waals surface area contributed by atoms with Crippen LogP contribution in [0.25, 0.3) is 0 Å². The van der Waals surface area contributed by atoms with Crippen LogP contribution in [-0.4, -0.2) is 75.4 Å². The van der Waals surface area contributed by atoms with Gasteiger partial charge in [0.25, 0.3) is 0 Å². The molecule has 19 heavy (non-hydrogen) atoms. The molecule has 2 unspecified atom stereocenters. The van der Waals surface area contributed by atoms with Crippen LogP contribution in [0.3, 0.4) is 0 Å². The minimum absolute atomic E-state index is 0.646. The minimum atomic E-state index is 0.646. The summed E-state index contributed by atoms with van der Waals surface area (Å²) in [7, 11) is 2.26. The van der Waals surface area contributed by atoms with Crippen LogP contribution in [0.1, 0.15) is 26.2 Å². The summed E-state index contributed by atoms with van der Waals surface area (Å²) in [4.78, 5) is 5.08. The lowest BCUT2D eigenvalue weighted by atomic mass is 9.95. The molecule has 112 valence electrons. The molecule has 2 atom stereocenters. The van der Waals surface area contributed by atoms with Gasteiger partial charge in [-0.1, -0.05) is 6.92 Å². The first-order valence-corrected chi connectivity index (χ1v) is 8.01. The Morgan fingerprint density at radius 3 is 2.84 bits per heavy atom. The average molecular weight is 269 g/mol. The van der Waals surface area contributed by atoms with E-state index in [0.717, 1.165) is 26.3 Å². The molecule has 2 aliphatic rings. The van der Waals surface area contributed by atoms with Crippen molar-refractivity contribution in [1.82, 2.24) is 15.1 Å². The predicted octanol–water partition coefficient (Wildman–Crippen LogP) is 1.03. The van der Waals surface area contributed by atoms with E-state index < -0.39 is 0 Å². The smallest absolute Gasteiger partial charge is 0.0521 e. The monoisotopic (exact) mass is 269 g/mol. The highest BCUT2D eigenvalue weighted by Crippen LogP contribution is 2.16. The molecule has 0 saturated carbocycles. The second-order valence-corrected chi connectivity index (χ2v) is 6.10. The molecular formula is C15H31N3O. The summed E-state index contributed by atoms with van der Waals surface area (Å²) in [5.74, 6) is 0.650. The largest absolute Gasteiger partial charge is 0.381 e. The molecule has 4 nitrogen and oxygen atoms in total. The zero-order chi connectivity index (χ0) is 13.5. The highest BCUT2D eigenvalue weighted by molar-refractivity contribution is 4.81. The van der Waals surface area contributed by atoms with E-state index in [1.165, 1.54) is 45.4 Å². The lowest BCUT2D eigenvalue weighted by molar-refractivity contribution is 0.0195. The predicted molar refractivity (Wildman–Crippen MR) is 79.6 cm³/mol. The van der Waals surface area contributed by atoms with Crippen LogP contribution in [0.5, 0.6) is 0 Å². The fraction of sp³-hybridized carbons (Fsp3) is 1.00. The molecule has 0 amide bonds. The summed E-state index contributed by atoms with van der Waals surface area (Å²) < 4.78 is 5.66. The Morgan fingerprint density at radius 2 is 2.11 bits per heavy atom. The van der Waals surface area contributed by atoms with Gasteiger partial charge < -0.3 is 19.9 Å². The molecule has 0 aromatic carbocycles. The second-order valence-electron chi connectivity index (χ2n) is 6.10. The minimum Gasteiger partial charge on any atom is -0.381 e. The summed E-state index contributed by atoms with van der Waals surface area (Å²) in [6, 6.07) is 0.646. The molecule has 0 aromatic rings. The van der Waals surface area contributed by atoms with Crippen molar-refractivity contribution in [2.45, 2.75) is 32.2 Å². The number of nitrogens with one attached hydrogen (secondary N) is 1. The Bertz CT molecular complexity index is 242. The van der Waals surface area contributed by atoms with Crippen molar-refractivity contribution in [2.24, 2.45) is 5.92 Å². The Morgan fingerprint density at radius 1 is 1.32 bits per heavy atom. The number of rotatable bonds is 7. The van der Waals surface area contributed by atoms with Crippen LogP contribution in [-0.2, 0) is 4.74 Å². The van der Waals surface area contributed by atoms with Crippen LogP contribution in [0, 0.1) is 5.92 Å². The molecule has 2 aliphatic heterocycles. The fourth-order valence-electron chi connectivity index (χ4n) is 3.32.